The molecule has 4 aromatic rings. The normalized spacial score (nSPS) is 11.0. The summed E-state index contributed by atoms with van der Waals surface area (Å²) in [6.07, 6.45) is 1.66. The second-order valence-corrected chi connectivity index (χ2v) is 8.69. The van der Waals surface area contributed by atoms with Crippen molar-refractivity contribution in [3.8, 4) is 5.75 Å². The predicted molar refractivity (Wildman–Crippen MR) is 129 cm³/mol. The quantitative estimate of drug-likeness (QED) is 0.347. The van der Waals surface area contributed by atoms with Crippen molar-refractivity contribution >= 4 is 34.9 Å². The largest absolute Gasteiger partial charge is 0.471 e. The molecule has 0 unspecified atom stereocenters. The molecule has 7 nitrogen and oxygen atoms in total. The van der Waals surface area contributed by atoms with Gasteiger partial charge in [0.1, 0.15) is 11.6 Å². The third-order valence-electron chi connectivity index (χ3n) is 5.20. The Morgan fingerprint density at radius 3 is 2.50 bits per heavy atom. The van der Waals surface area contributed by atoms with Gasteiger partial charge in [-0.3, -0.25) is 9.48 Å². The summed E-state index contributed by atoms with van der Waals surface area (Å²) in [5.41, 5.74) is 3.60. The first-order chi connectivity index (χ1) is 16.2. The lowest BCUT2D eigenvalue weighted by Gasteiger charge is -2.10. The van der Waals surface area contributed by atoms with E-state index in [1.165, 1.54) is 16.8 Å². The van der Waals surface area contributed by atoms with Gasteiger partial charge in [-0.05, 0) is 67.8 Å². The molecule has 1 amide bonds. The fourth-order valence-electron chi connectivity index (χ4n) is 3.41. The van der Waals surface area contributed by atoms with Crippen molar-refractivity contribution in [1.82, 2.24) is 19.6 Å². The van der Waals surface area contributed by atoms with E-state index >= 15 is 0 Å². The van der Waals surface area contributed by atoms with Crippen LogP contribution in [-0.2, 0) is 13.3 Å². The summed E-state index contributed by atoms with van der Waals surface area (Å²) in [5, 5.41) is 12.4. The average Bonchev–Trinajstić information content (AvgIpc) is 3.39. The van der Waals surface area contributed by atoms with Gasteiger partial charge in [-0.15, -0.1) is 0 Å². The molecule has 0 saturated heterocycles. The maximum absolute atomic E-state index is 13.3. The number of nitrogens with one attached hydrogen (secondary N) is 1. The van der Waals surface area contributed by atoms with Crippen molar-refractivity contribution < 1.29 is 13.9 Å². The number of halogens is 3. The number of hydrogen-bond acceptors (Lipinski definition) is 4. The first kappa shape index (κ1) is 23.8. The zero-order chi connectivity index (χ0) is 24.4. The Balaban J connectivity index is 1.38. The molecule has 2 aromatic carbocycles. The average molecular weight is 502 g/mol. The van der Waals surface area contributed by atoms with Crippen LogP contribution in [-0.4, -0.2) is 25.5 Å². The molecule has 0 aliphatic heterocycles. The Morgan fingerprint density at radius 1 is 1.06 bits per heavy atom. The number of hydrogen-bond donors (Lipinski definition) is 1. The Kier molecular flexibility index (Phi) is 6.90. The topological polar surface area (TPSA) is 74.0 Å². The van der Waals surface area contributed by atoms with Crippen LogP contribution >= 0.6 is 23.2 Å². The summed E-state index contributed by atoms with van der Waals surface area (Å²) in [7, 11) is 0. The molecular formula is C24H22Cl2FN5O2. The minimum absolute atomic E-state index is 0.139. The number of rotatable bonds is 7. The number of aryl methyl sites for hydroxylation is 3. The van der Waals surface area contributed by atoms with Gasteiger partial charge in [0.05, 0.1) is 6.54 Å². The van der Waals surface area contributed by atoms with Crippen molar-refractivity contribution in [3.63, 3.8) is 0 Å². The molecule has 4 rings (SSSR count). The molecule has 2 heterocycles. The summed E-state index contributed by atoms with van der Waals surface area (Å²) < 4.78 is 22.3. The minimum atomic E-state index is -0.401. The molecule has 2 aromatic heterocycles. The van der Waals surface area contributed by atoms with E-state index in [-0.39, 0.29) is 12.4 Å². The van der Waals surface area contributed by atoms with Crippen LogP contribution in [0.25, 0.3) is 0 Å². The molecule has 1 N–H and O–H groups in total. The number of benzene rings is 2. The summed E-state index contributed by atoms with van der Waals surface area (Å²) >= 11 is 12.3. The Bertz CT molecular complexity index is 1340. The number of nitrogens with zero attached hydrogens (tertiary/aromatic N) is 4. The fraction of sp³-hybridized carbons (Fsp3) is 0.208. The van der Waals surface area contributed by atoms with E-state index in [2.05, 4.69) is 15.5 Å². The number of carbonyl (C=O) groups excluding carboxylic acids is 1. The van der Waals surface area contributed by atoms with E-state index in [0.717, 1.165) is 22.4 Å². The minimum Gasteiger partial charge on any atom is -0.471 e. The molecule has 0 fully saturated rings. The van der Waals surface area contributed by atoms with E-state index < -0.39 is 11.7 Å². The lowest BCUT2D eigenvalue weighted by molar-refractivity contribution is 0.101. The van der Waals surface area contributed by atoms with Crippen LogP contribution < -0.4 is 10.1 Å². The monoisotopic (exact) mass is 501 g/mol. The summed E-state index contributed by atoms with van der Waals surface area (Å²) in [5.74, 6) is 0.241. The van der Waals surface area contributed by atoms with Gasteiger partial charge in [0, 0.05) is 28.0 Å². The molecule has 0 bridgehead atoms. The van der Waals surface area contributed by atoms with Crippen LogP contribution in [0.1, 0.15) is 32.9 Å². The first-order valence-electron chi connectivity index (χ1n) is 10.4. The fourth-order valence-corrected chi connectivity index (χ4v) is 3.74. The Labute approximate surface area is 206 Å². The van der Waals surface area contributed by atoms with Crippen molar-refractivity contribution in [2.75, 3.05) is 5.32 Å². The summed E-state index contributed by atoms with van der Waals surface area (Å²) in [6, 6.07) is 11.2. The van der Waals surface area contributed by atoms with Gasteiger partial charge in [-0.25, -0.2) is 9.07 Å². The highest BCUT2D eigenvalue weighted by Crippen LogP contribution is 2.26. The van der Waals surface area contributed by atoms with Crippen molar-refractivity contribution in [2.24, 2.45) is 0 Å². The van der Waals surface area contributed by atoms with Gasteiger partial charge >= 0.3 is 0 Å². The summed E-state index contributed by atoms with van der Waals surface area (Å²) in [4.78, 5) is 12.6. The molecule has 0 atom stereocenters. The van der Waals surface area contributed by atoms with Crippen LogP contribution in [0.15, 0.2) is 48.7 Å². The zero-order valence-corrected chi connectivity index (χ0v) is 20.3. The molecule has 176 valence electrons. The maximum Gasteiger partial charge on any atom is 0.277 e. The number of ether oxygens (including phenoxy) is 1. The molecule has 34 heavy (non-hydrogen) atoms. The van der Waals surface area contributed by atoms with Crippen molar-refractivity contribution in [1.29, 1.82) is 0 Å². The number of aromatic nitrogens is 4. The van der Waals surface area contributed by atoms with Gasteiger partial charge in [0.25, 0.3) is 5.91 Å². The second kappa shape index (κ2) is 9.87. The highest BCUT2D eigenvalue weighted by atomic mass is 35.5. The van der Waals surface area contributed by atoms with Crippen LogP contribution in [0, 0.1) is 26.6 Å². The van der Waals surface area contributed by atoms with Gasteiger partial charge < -0.3 is 10.1 Å². The molecule has 0 aliphatic carbocycles. The standard InChI is InChI=1S/C24H22Cl2FN5O2/c1-14-8-19(9-15(2)23(14)26)34-13-31-7-6-21(29-31)24(33)28-22-10-16(3)32(30-22)12-17-4-5-18(27)11-20(17)25/h4-11H,12-13H2,1-3H3,(H,28,30,33). The molecule has 0 radical (unpaired) electrons. The number of carbonyl (C=O) groups is 1. The third-order valence-corrected chi connectivity index (χ3v) is 6.15. The zero-order valence-electron chi connectivity index (χ0n) is 18.8. The van der Waals surface area contributed by atoms with Crippen LogP contribution in [0.4, 0.5) is 10.2 Å². The van der Waals surface area contributed by atoms with Gasteiger partial charge in [-0.1, -0.05) is 29.3 Å². The van der Waals surface area contributed by atoms with Gasteiger partial charge in [0.15, 0.2) is 18.2 Å². The summed E-state index contributed by atoms with van der Waals surface area (Å²) in [6.45, 7) is 6.16. The highest BCUT2D eigenvalue weighted by molar-refractivity contribution is 6.32. The van der Waals surface area contributed by atoms with Crippen LogP contribution in [0.5, 0.6) is 5.75 Å². The molecule has 0 spiro atoms. The van der Waals surface area contributed by atoms with Crippen LogP contribution in [0.2, 0.25) is 10.0 Å². The second-order valence-electron chi connectivity index (χ2n) is 7.90. The van der Waals surface area contributed by atoms with Crippen molar-refractivity contribution in [3.05, 3.63) is 92.6 Å². The van der Waals surface area contributed by atoms with Gasteiger partial charge in [0.2, 0.25) is 0 Å². The third kappa shape index (κ3) is 5.40. The molecule has 10 heteroatoms. The molecule has 0 aliphatic rings. The van der Waals surface area contributed by atoms with E-state index in [1.54, 1.807) is 29.1 Å². The van der Waals surface area contributed by atoms with E-state index in [1.807, 2.05) is 32.9 Å². The molecule has 0 saturated carbocycles. The first-order valence-corrected chi connectivity index (χ1v) is 11.2. The highest BCUT2D eigenvalue weighted by Gasteiger charge is 2.14. The number of amides is 1. The van der Waals surface area contributed by atoms with E-state index in [0.29, 0.717) is 28.2 Å². The Hall–Kier alpha value is -3.36. The number of anilines is 1. The molecular weight excluding hydrogens is 480 g/mol. The Morgan fingerprint density at radius 2 is 1.79 bits per heavy atom. The van der Waals surface area contributed by atoms with Crippen LogP contribution in [0.3, 0.4) is 0 Å². The van der Waals surface area contributed by atoms with Crippen molar-refractivity contribution in [2.45, 2.75) is 34.0 Å². The maximum atomic E-state index is 13.3. The lowest BCUT2D eigenvalue weighted by Crippen LogP contribution is -2.15. The smallest absolute Gasteiger partial charge is 0.277 e. The van der Waals surface area contributed by atoms with E-state index in [4.69, 9.17) is 27.9 Å². The predicted octanol–water partition coefficient (Wildman–Crippen LogP) is 5.79. The van der Waals surface area contributed by atoms with E-state index in [9.17, 15) is 9.18 Å². The lowest BCUT2D eigenvalue weighted by atomic mass is 10.1. The van der Waals surface area contributed by atoms with Gasteiger partial charge in [-0.2, -0.15) is 10.2 Å². The SMILES string of the molecule is Cc1cc(OCn2ccc(C(=O)Nc3cc(C)n(Cc4ccc(F)cc4Cl)n3)n2)cc(C)c1Cl.